The Morgan fingerprint density at radius 1 is 1.27 bits per heavy atom. The van der Waals surface area contributed by atoms with Crippen LogP contribution >= 0.6 is 0 Å². The molecule has 1 aliphatic heterocycles. The summed E-state index contributed by atoms with van der Waals surface area (Å²) >= 11 is 0. The lowest BCUT2D eigenvalue weighted by atomic mass is 10.0. The fourth-order valence-electron chi connectivity index (χ4n) is 2.44. The minimum atomic E-state index is -0.965. The third-order valence-corrected chi connectivity index (χ3v) is 3.73. The SMILES string of the molecule is C[C@H](NC(Cc1ccccc1)C(=O)N1CCOCC1)C(=O)O. The molecule has 6 heteroatoms. The highest BCUT2D eigenvalue weighted by atomic mass is 16.5. The molecule has 1 saturated heterocycles. The monoisotopic (exact) mass is 306 g/mol. The zero-order valence-electron chi connectivity index (χ0n) is 12.7. The van der Waals surface area contributed by atoms with Crippen molar-refractivity contribution in [1.29, 1.82) is 0 Å². The highest BCUT2D eigenvalue weighted by Crippen LogP contribution is 2.09. The molecule has 2 rings (SSSR count). The Bertz CT molecular complexity index is 500. The molecule has 1 aromatic carbocycles. The molecular formula is C16H22N2O4. The van der Waals surface area contributed by atoms with Gasteiger partial charge in [0.15, 0.2) is 0 Å². The number of aliphatic carboxylic acids is 1. The maximum atomic E-state index is 12.7. The fraction of sp³-hybridized carbons (Fsp3) is 0.500. The summed E-state index contributed by atoms with van der Waals surface area (Å²) in [7, 11) is 0. The number of carboxylic acids is 1. The largest absolute Gasteiger partial charge is 0.480 e. The van der Waals surface area contributed by atoms with Gasteiger partial charge >= 0.3 is 5.97 Å². The van der Waals surface area contributed by atoms with Gasteiger partial charge in [-0.15, -0.1) is 0 Å². The second kappa shape index (κ2) is 7.91. The zero-order chi connectivity index (χ0) is 15.9. The van der Waals surface area contributed by atoms with Crippen LogP contribution in [0.15, 0.2) is 30.3 Å². The molecule has 22 heavy (non-hydrogen) atoms. The molecule has 1 unspecified atom stereocenters. The molecule has 6 nitrogen and oxygen atoms in total. The molecule has 1 fully saturated rings. The van der Waals surface area contributed by atoms with Gasteiger partial charge in [0.2, 0.25) is 5.91 Å². The van der Waals surface area contributed by atoms with Crippen molar-refractivity contribution in [2.75, 3.05) is 26.3 Å². The molecule has 2 N–H and O–H groups in total. The molecule has 0 radical (unpaired) electrons. The highest BCUT2D eigenvalue weighted by Gasteiger charge is 2.28. The van der Waals surface area contributed by atoms with Crippen LogP contribution in [0, 0.1) is 0 Å². The van der Waals surface area contributed by atoms with Crippen molar-refractivity contribution in [3.05, 3.63) is 35.9 Å². The van der Waals surface area contributed by atoms with Gasteiger partial charge < -0.3 is 14.7 Å². The summed E-state index contributed by atoms with van der Waals surface area (Å²) in [6.07, 6.45) is 0.467. The maximum absolute atomic E-state index is 12.7. The van der Waals surface area contributed by atoms with E-state index in [0.29, 0.717) is 32.7 Å². The van der Waals surface area contributed by atoms with E-state index in [1.165, 1.54) is 0 Å². The topological polar surface area (TPSA) is 78.9 Å². The number of hydrogen-bond acceptors (Lipinski definition) is 4. The van der Waals surface area contributed by atoms with E-state index >= 15 is 0 Å². The van der Waals surface area contributed by atoms with Crippen LogP contribution in [-0.4, -0.2) is 60.3 Å². The van der Waals surface area contributed by atoms with E-state index in [-0.39, 0.29) is 5.91 Å². The Hall–Kier alpha value is -1.92. The van der Waals surface area contributed by atoms with E-state index in [4.69, 9.17) is 9.84 Å². The predicted molar refractivity (Wildman–Crippen MR) is 81.6 cm³/mol. The van der Waals surface area contributed by atoms with Crippen LogP contribution < -0.4 is 5.32 Å². The second-order valence-corrected chi connectivity index (χ2v) is 5.41. The zero-order valence-corrected chi connectivity index (χ0v) is 12.7. The van der Waals surface area contributed by atoms with Crippen LogP contribution in [0.2, 0.25) is 0 Å². The molecule has 0 aromatic heterocycles. The number of carbonyl (C=O) groups is 2. The van der Waals surface area contributed by atoms with Gasteiger partial charge in [0.25, 0.3) is 0 Å². The van der Waals surface area contributed by atoms with Gasteiger partial charge in [-0.05, 0) is 18.9 Å². The Morgan fingerprint density at radius 2 is 1.91 bits per heavy atom. The van der Waals surface area contributed by atoms with Crippen molar-refractivity contribution in [3.63, 3.8) is 0 Å². The number of nitrogens with one attached hydrogen (secondary N) is 1. The molecule has 0 bridgehead atoms. The van der Waals surface area contributed by atoms with Gasteiger partial charge in [-0.25, -0.2) is 0 Å². The van der Waals surface area contributed by atoms with Crippen molar-refractivity contribution < 1.29 is 19.4 Å². The van der Waals surface area contributed by atoms with Gasteiger partial charge in [-0.3, -0.25) is 14.9 Å². The molecule has 0 saturated carbocycles. The highest BCUT2D eigenvalue weighted by molar-refractivity contribution is 5.83. The summed E-state index contributed by atoms with van der Waals surface area (Å²) in [6, 6.07) is 8.28. The Labute approximate surface area is 130 Å². The predicted octanol–water partition coefficient (Wildman–Crippen LogP) is 0.519. The summed E-state index contributed by atoms with van der Waals surface area (Å²) in [5, 5.41) is 12.0. The van der Waals surface area contributed by atoms with Crippen LogP contribution in [0.4, 0.5) is 0 Å². The molecule has 0 spiro atoms. The van der Waals surface area contributed by atoms with Crippen LogP contribution in [0.1, 0.15) is 12.5 Å². The van der Waals surface area contributed by atoms with Crippen LogP contribution in [0.5, 0.6) is 0 Å². The van der Waals surface area contributed by atoms with Crippen molar-refractivity contribution in [1.82, 2.24) is 10.2 Å². The second-order valence-electron chi connectivity index (χ2n) is 5.41. The number of carboxylic acid groups (broad SMARTS) is 1. The van der Waals surface area contributed by atoms with E-state index in [2.05, 4.69) is 5.32 Å². The molecule has 2 atom stereocenters. The number of benzene rings is 1. The molecule has 0 aliphatic carbocycles. The van der Waals surface area contributed by atoms with Crippen LogP contribution in [-0.2, 0) is 20.7 Å². The van der Waals surface area contributed by atoms with Crippen LogP contribution in [0.25, 0.3) is 0 Å². The molecule has 120 valence electrons. The van der Waals surface area contributed by atoms with Gasteiger partial charge in [0.1, 0.15) is 6.04 Å². The van der Waals surface area contributed by atoms with Crippen molar-refractivity contribution >= 4 is 11.9 Å². The standard InChI is InChI=1S/C16H22N2O4/c1-12(16(20)21)17-14(11-13-5-3-2-4-6-13)15(19)18-7-9-22-10-8-18/h2-6,12,14,17H,7-11H2,1H3,(H,20,21)/t12-,14?/m0/s1. The molecule has 1 heterocycles. The average molecular weight is 306 g/mol. The quantitative estimate of drug-likeness (QED) is 0.801. The van der Waals surface area contributed by atoms with Gasteiger partial charge in [0, 0.05) is 13.1 Å². The van der Waals surface area contributed by atoms with E-state index in [1.807, 2.05) is 30.3 Å². The normalized spacial score (nSPS) is 17.8. The third kappa shape index (κ3) is 4.54. The minimum Gasteiger partial charge on any atom is -0.480 e. The van der Waals surface area contributed by atoms with E-state index in [9.17, 15) is 9.59 Å². The summed E-state index contributed by atoms with van der Waals surface area (Å²) < 4.78 is 5.26. The fourth-order valence-corrected chi connectivity index (χ4v) is 2.44. The van der Waals surface area contributed by atoms with Crippen molar-refractivity contribution in [3.8, 4) is 0 Å². The maximum Gasteiger partial charge on any atom is 0.320 e. The molecule has 1 aliphatic rings. The first kappa shape index (κ1) is 16.5. The van der Waals surface area contributed by atoms with E-state index in [0.717, 1.165) is 5.56 Å². The summed E-state index contributed by atoms with van der Waals surface area (Å²) in [4.78, 5) is 25.5. The van der Waals surface area contributed by atoms with Gasteiger partial charge in [-0.2, -0.15) is 0 Å². The smallest absolute Gasteiger partial charge is 0.320 e. The van der Waals surface area contributed by atoms with E-state index < -0.39 is 18.1 Å². The van der Waals surface area contributed by atoms with Crippen molar-refractivity contribution in [2.24, 2.45) is 0 Å². The molecule has 1 aromatic rings. The lowest BCUT2D eigenvalue weighted by molar-refractivity contribution is -0.141. The minimum absolute atomic E-state index is 0.0692. The molecule has 1 amide bonds. The first-order valence-corrected chi connectivity index (χ1v) is 7.47. The number of carbonyl (C=O) groups excluding carboxylic acids is 1. The first-order chi connectivity index (χ1) is 10.6. The van der Waals surface area contributed by atoms with Gasteiger partial charge in [-0.1, -0.05) is 30.3 Å². The third-order valence-electron chi connectivity index (χ3n) is 3.73. The number of amides is 1. The number of rotatable bonds is 6. The lowest BCUT2D eigenvalue weighted by Gasteiger charge is -2.31. The van der Waals surface area contributed by atoms with Crippen molar-refractivity contribution in [2.45, 2.75) is 25.4 Å². The number of nitrogens with zero attached hydrogens (tertiary/aromatic N) is 1. The average Bonchev–Trinajstić information content (AvgIpc) is 2.55. The summed E-state index contributed by atoms with van der Waals surface area (Å²) in [5.74, 6) is -1.03. The Morgan fingerprint density at radius 3 is 2.50 bits per heavy atom. The summed E-state index contributed by atoms with van der Waals surface area (Å²) in [5.41, 5.74) is 0.999. The van der Waals surface area contributed by atoms with Gasteiger partial charge in [0.05, 0.1) is 19.3 Å². The first-order valence-electron chi connectivity index (χ1n) is 7.47. The molecular weight excluding hydrogens is 284 g/mol. The summed E-state index contributed by atoms with van der Waals surface area (Å²) in [6.45, 7) is 3.70. The van der Waals surface area contributed by atoms with E-state index in [1.54, 1.807) is 11.8 Å². The Kier molecular flexibility index (Phi) is 5.91. The lowest BCUT2D eigenvalue weighted by Crippen LogP contribution is -2.54. The number of hydrogen-bond donors (Lipinski definition) is 2. The number of ether oxygens (including phenoxy) is 1. The Balaban J connectivity index is 2.09. The number of morpholine rings is 1. The van der Waals surface area contributed by atoms with Crippen LogP contribution in [0.3, 0.4) is 0 Å².